The van der Waals surface area contributed by atoms with Crippen molar-refractivity contribution >= 4 is 22.8 Å². The third-order valence-electron chi connectivity index (χ3n) is 5.11. The van der Waals surface area contributed by atoms with E-state index in [1.165, 1.54) is 0 Å². The first kappa shape index (κ1) is 24.2. The van der Waals surface area contributed by atoms with E-state index in [1.54, 1.807) is 0 Å². The Labute approximate surface area is 187 Å². The first-order valence-corrected chi connectivity index (χ1v) is 10.2. The number of carboxylic acids is 1. The summed E-state index contributed by atoms with van der Waals surface area (Å²) in [5, 5.41) is 8.16. The first-order valence-electron chi connectivity index (χ1n) is 10.2. The molecule has 1 atom stereocenters. The fraction of sp³-hybridized carbons (Fsp3) is 0.364. The van der Waals surface area contributed by atoms with E-state index in [2.05, 4.69) is 14.5 Å². The van der Waals surface area contributed by atoms with Crippen molar-refractivity contribution in [2.45, 2.75) is 38.7 Å². The maximum absolute atomic E-state index is 13.3. The number of fused-ring (bicyclic) bond motifs is 2. The van der Waals surface area contributed by atoms with Gasteiger partial charge in [0.15, 0.2) is 0 Å². The lowest BCUT2D eigenvalue weighted by atomic mass is 10.1. The fourth-order valence-electron chi connectivity index (χ4n) is 3.43. The van der Waals surface area contributed by atoms with Crippen LogP contribution in [0, 0.1) is 0 Å². The number of pyridine rings is 1. The Balaban J connectivity index is 0.000000383. The van der Waals surface area contributed by atoms with Gasteiger partial charge in [-0.25, -0.2) is 14.8 Å². The van der Waals surface area contributed by atoms with Gasteiger partial charge >= 0.3 is 12.1 Å². The van der Waals surface area contributed by atoms with Crippen molar-refractivity contribution < 1.29 is 32.6 Å². The molecule has 0 saturated heterocycles. The van der Waals surface area contributed by atoms with Crippen molar-refractivity contribution in [1.82, 2.24) is 19.4 Å². The highest BCUT2D eigenvalue weighted by molar-refractivity contribution is 5.95. The van der Waals surface area contributed by atoms with E-state index in [9.17, 15) is 18.0 Å². The number of aromatic nitrogens is 3. The Kier molecular flexibility index (Phi) is 7.64. The number of aryl methyl sites for hydroxylation is 1. The summed E-state index contributed by atoms with van der Waals surface area (Å²) in [4.78, 5) is 32.9. The maximum Gasteiger partial charge on any atom is 0.490 e. The molecule has 1 amide bonds. The zero-order chi connectivity index (χ0) is 24.0. The van der Waals surface area contributed by atoms with Crippen LogP contribution in [0.1, 0.15) is 29.5 Å². The van der Waals surface area contributed by atoms with Gasteiger partial charge in [-0.1, -0.05) is 24.3 Å². The number of halogens is 3. The molecule has 0 saturated carbocycles. The molecular weight excluding hydrogens is 441 g/mol. The molecule has 0 radical (unpaired) electrons. The van der Waals surface area contributed by atoms with E-state index in [4.69, 9.17) is 14.6 Å². The van der Waals surface area contributed by atoms with Crippen molar-refractivity contribution in [3.8, 4) is 0 Å². The molecule has 1 unspecified atom stereocenters. The number of hydrogen-bond acceptors (Lipinski definition) is 5. The van der Waals surface area contributed by atoms with Gasteiger partial charge in [-0.15, -0.1) is 0 Å². The van der Waals surface area contributed by atoms with E-state index in [-0.39, 0.29) is 11.9 Å². The van der Waals surface area contributed by atoms with E-state index in [0.29, 0.717) is 25.5 Å². The topological polar surface area (TPSA) is 97.5 Å². The summed E-state index contributed by atoms with van der Waals surface area (Å²) in [5.41, 5.74) is 2.34. The lowest BCUT2D eigenvalue weighted by molar-refractivity contribution is -0.192. The van der Waals surface area contributed by atoms with Gasteiger partial charge in [0.05, 0.1) is 36.7 Å². The molecule has 0 bridgehead atoms. The number of benzene rings is 1. The normalized spacial score (nSPS) is 15.9. The summed E-state index contributed by atoms with van der Waals surface area (Å²) in [7, 11) is 0. The Morgan fingerprint density at radius 2 is 1.94 bits per heavy atom. The highest BCUT2D eigenvalue weighted by atomic mass is 19.4. The van der Waals surface area contributed by atoms with Crippen molar-refractivity contribution in [2.24, 2.45) is 0 Å². The Hall–Kier alpha value is -3.47. The number of carbonyl (C=O) groups is 2. The van der Waals surface area contributed by atoms with E-state index < -0.39 is 12.1 Å². The zero-order valence-electron chi connectivity index (χ0n) is 17.8. The molecular formula is C22H23F3N4O4. The summed E-state index contributed by atoms with van der Waals surface area (Å²) in [5.74, 6) is -2.82. The number of carbonyl (C=O) groups excluding carboxylic acids is 1. The van der Waals surface area contributed by atoms with Crippen LogP contribution in [0.15, 0.2) is 48.9 Å². The molecule has 8 nitrogen and oxygen atoms in total. The molecule has 0 spiro atoms. The number of hydrogen-bond donors (Lipinski definition) is 1. The van der Waals surface area contributed by atoms with Crippen LogP contribution in [0.4, 0.5) is 13.2 Å². The summed E-state index contributed by atoms with van der Waals surface area (Å²) in [6.07, 6.45) is -0.588. The molecule has 4 rings (SSSR count). The Bertz CT molecular complexity index is 1120. The molecule has 2 aromatic heterocycles. The molecule has 3 heterocycles. The van der Waals surface area contributed by atoms with Gasteiger partial charge in [0, 0.05) is 24.7 Å². The largest absolute Gasteiger partial charge is 0.490 e. The highest BCUT2D eigenvalue weighted by Crippen LogP contribution is 2.21. The van der Waals surface area contributed by atoms with Gasteiger partial charge in [-0.05, 0) is 25.5 Å². The highest BCUT2D eigenvalue weighted by Gasteiger charge is 2.38. The van der Waals surface area contributed by atoms with Gasteiger partial charge in [0.2, 0.25) is 0 Å². The van der Waals surface area contributed by atoms with E-state index in [1.807, 2.05) is 60.7 Å². The molecule has 0 aliphatic carbocycles. The van der Waals surface area contributed by atoms with Crippen LogP contribution >= 0.6 is 0 Å². The van der Waals surface area contributed by atoms with E-state index in [0.717, 1.165) is 29.6 Å². The predicted octanol–water partition coefficient (Wildman–Crippen LogP) is 3.52. The van der Waals surface area contributed by atoms with Gasteiger partial charge in [0.1, 0.15) is 5.69 Å². The van der Waals surface area contributed by atoms with Crippen LogP contribution in [0.3, 0.4) is 0 Å². The number of para-hydroxylation sites is 1. The molecule has 33 heavy (non-hydrogen) atoms. The maximum atomic E-state index is 13.3. The summed E-state index contributed by atoms with van der Waals surface area (Å²) >= 11 is 0. The molecule has 11 heteroatoms. The minimum Gasteiger partial charge on any atom is -0.475 e. The van der Waals surface area contributed by atoms with Crippen LogP contribution in [0.5, 0.6) is 0 Å². The number of imidazole rings is 1. The monoisotopic (exact) mass is 464 g/mol. The smallest absolute Gasteiger partial charge is 0.475 e. The number of amides is 1. The molecule has 1 aliphatic heterocycles. The molecule has 1 aliphatic rings. The Morgan fingerprint density at radius 1 is 1.21 bits per heavy atom. The van der Waals surface area contributed by atoms with Crippen molar-refractivity contribution in [2.75, 3.05) is 13.2 Å². The second-order valence-corrected chi connectivity index (χ2v) is 7.31. The molecule has 0 fully saturated rings. The SMILES string of the molecule is CCOCC1CCn2cncc2CN1C(=O)c1ccc2ccccc2n1.O=C(O)C(F)(F)F. The van der Waals surface area contributed by atoms with Crippen molar-refractivity contribution in [1.29, 1.82) is 0 Å². The fourth-order valence-corrected chi connectivity index (χ4v) is 3.43. The van der Waals surface area contributed by atoms with Crippen LogP contribution in [0.25, 0.3) is 10.9 Å². The van der Waals surface area contributed by atoms with Gasteiger partial charge in [0.25, 0.3) is 5.91 Å². The van der Waals surface area contributed by atoms with Gasteiger partial charge in [-0.2, -0.15) is 13.2 Å². The summed E-state index contributed by atoms with van der Waals surface area (Å²) in [6, 6.07) is 11.6. The summed E-state index contributed by atoms with van der Waals surface area (Å²) in [6.45, 7) is 4.50. The molecule has 1 N–H and O–H groups in total. The number of carboxylic acid groups (broad SMARTS) is 1. The number of aliphatic carboxylic acids is 1. The minimum atomic E-state index is -5.08. The number of ether oxygens (including phenoxy) is 1. The predicted molar refractivity (Wildman–Crippen MR) is 112 cm³/mol. The second-order valence-electron chi connectivity index (χ2n) is 7.31. The second kappa shape index (κ2) is 10.4. The summed E-state index contributed by atoms with van der Waals surface area (Å²) < 4.78 is 39.5. The van der Waals surface area contributed by atoms with Crippen molar-refractivity contribution in [3.05, 3.63) is 60.3 Å². The standard InChI is InChI=1S/C20H22N4O2.C2HF3O2/c1-2-26-13-16-9-10-23-14-21-11-17(23)12-24(16)20(25)19-8-7-15-5-3-4-6-18(15)22-19;3-2(4,5)1(6)7/h3-8,11,14,16H,2,9-10,12-13H2,1H3;(H,6,7). The lowest BCUT2D eigenvalue weighted by Crippen LogP contribution is -2.42. The minimum absolute atomic E-state index is 0.0237. The average molecular weight is 464 g/mol. The van der Waals surface area contributed by atoms with E-state index >= 15 is 0 Å². The molecule has 176 valence electrons. The third kappa shape index (κ3) is 6.07. The molecule has 3 aromatic rings. The van der Waals surface area contributed by atoms with Crippen LogP contribution in [0.2, 0.25) is 0 Å². The lowest BCUT2D eigenvalue weighted by Gasteiger charge is -2.29. The van der Waals surface area contributed by atoms with Gasteiger partial charge in [-0.3, -0.25) is 4.79 Å². The quantitative estimate of drug-likeness (QED) is 0.635. The first-order chi connectivity index (χ1) is 15.7. The number of alkyl halides is 3. The zero-order valence-corrected chi connectivity index (χ0v) is 17.8. The van der Waals surface area contributed by atoms with Crippen LogP contribution in [-0.4, -0.2) is 61.8 Å². The average Bonchev–Trinajstić information content (AvgIpc) is 3.16. The van der Waals surface area contributed by atoms with Crippen molar-refractivity contribution in [3.63, 3.8) is 0 Å². The van der Waals surface area contributed by atoms with Crippen LogP contribution in [-0.2, 0) is 22.6 Å². The Morgan fingerprint density at radius 3 is 2.64 bits per heavy atom. The third-order valence-corrected chi connectivity index (χ3v) is 5.11. The number of nitrogens with zero attached hydrogens (tertiary/aromatic N) is 4. The van der Waals surface area contributed by atoms with Crippen LogP contribution < -0.4 is 0 Å². The van der Waals surface area contributed by atoms with Gasteiger partial charge < -0.3 is 19.3 Å². The number of rotatable bonds is 4. The molecule has 1 aromatic carbocycles.